The Labute approximate surface area is 240 Å². The predicted octanol–water partition coefficient (Wildman–Crippen LogP) is -1.76. The molecule has 0 spiro atoms. The number of nitrogens with one attached hydrogen (secondary N) is 3. The Balaban J connectivity index is 5.17. The van der Waals surface area contributed by atoms with Gasteiger partial charge in [0, 0.05) is 46.2 Å². The van der Waals surface area contributed by atoms with Gasteiger partial charge in [0.1, 0.15) is 28.9 Å². The highest BCUT2D eigenvalue weighted by Crippen LogP contribution is 2.12. The second-order valence-corrected chi connectivity index (χ2v) is 9.63. The van der Waals surface area contributed by atoms with Crippen molar-refractivity contribution in [3.8, 4) is 0 Å². The van der Waals surface area contributed by atoms with E-state index in [1.54, 1.807) is 13.8 Å². The van der Waals surface area contributed by atoms with Crippen LogP contribution in [0.4, 0.5) is 0 Å². The molecule has 0 aromatic rings. The Hall–Kier alpha value is -3.65. The first kappa shape index (κ1) is 37.4. The lowest BCUT2D eigenvalue weighted by molar-refractivity contribution is -0.137. The van der Waals surface area contributed by atoms with Crippen molar-refractivity contribution in [3.05, 3.63) is 0 Å². The molecular weight excluding hydrogens is 538 g/mol. The van der Waals surface area contributed by atoms with E-state index in [1.165, 1.54) is 30.8 Å². The molecule has 0 aliphatic rings. The Morgan fingerprint density at radius 3 is 1.46 bits per heavy atom. The molecule has 1 unspecified atom stereocenters. The minimum Gasteiger partial charge on any atom is -0.358 e. The van der Waals surface area contributed by atoms with Crippen LogP contribution < -0.4 is 16.0 Å². The van der Waals surface area contributed by atoms with Gasteiger partial charge in [0.15, 0.2) is 5.78 Å². The maximum atomic E-state index is 12.8. The summed E-state index contributed by atoms with van der Waals surface area (Å²) in [4.78, 5) is 112. The van der Waals surface area contributed by atoms with Gasteiger partial charge in [0.2, 0.25) is 17.7 Å². The number of hydrogen-bond donors (Lipinski definition) is 3. The molecule has 0 rings (SSSR count). The SMILES string of the molecule is CCC(=O)CN(CC(=O)CCC(=O)C(CC(C)=O)C(=O)CNC(=O)CN(CC(=O)CC)CC(=O)NC)CC(=O)NC. The first-order valence-corrected chi connectivity index (χ1v) is 13.5. The molecule has 0 fully saturated rings. The molecule has 0 saturated carbocycles. The second kappa shape index (κ2) is 20.3. The highest BCUT2D eigenvalue weighted by Gasteiger charge is 2.29. The zero-order chi connectivity index (χ0) is 31.5. The van der Waals surface area contributed by atoms with Gasteiger partial charge < -0.3 is 16.0 Å². The van der Waals surface area contributed by atoms with Crippen molar-refractivity contribution >= 4 is 52.4 Å². The number of carbonyl (C=O) groups is 9. The van der Waals surface area contributed by atoms with Crippen LogP contribution >= 0.6 is 0 Å². The number of rotatable bonds is 23. The summed E-state index contributed by atoms with van der Waals surface area (Å²) in [7, 11) is 2.83. The fourth-order valence-corrected chi connectivity index (χ4v) is 3.65. The topological polar surface area (TPSA) is 196 Å². The van der Waals surface area contributed by atoms with Crippen LogP contribution in [0.25, 0.3) is 0 Å². The number of carbonyl (C=O) groups excluding carboxylic acids is 9. The van der Waals surface area contributed by atoms with Crippen LogP contribution in [0.15, 0.2) is 0 Å². The average Bonchev–Trinajstić information content (AvgIpc) is 2.92. The maximum Gasteiger partial charge on any atom is 0.234 e. The largest absolute Gasteiger partial charge is 0.358 e. The minimum atomic E-state index is -1.37. The van der Waals surface area contributed by atoms with E-state index in [4.69, 9.17) is 0 Å². The van der Waals surface area contributed by atoms with Crippen LogP contribution in [0.5, 0.6) is 0 Å². The number of nitrogens with zero attached hydrogens (tertiary/aromatic N) is 2. The number of amides is 3. The summed E-state index contributed by atoms with van der Waals surface area (Å²) in [6.07, 6.45) is -0.568. The van der Waals surface area contributed by atoms with Crippen molar-refractivity contribution in [1.29, 1.82) is 0 Å². The fraction of sp³-hybridized carbons (Fsp3) is 0.667. The highest BCUT2D eigenvalue weighted by molar-refractivity contribution is 6.07. The first-order chi connectivity index (χ1) is 19.3. The van der Waals surface area contributed by atoms with E-state index in [2.05, 4.69) is 16.0 Å². The summed E-state index contributed by atoms with van der Waals surface area (Å²) in [5, 5.41) is 7.18. The second-order valence-electron chi connectivity index (χ2n) is 9.63. The van der Waals surface area contributed by atoms with E-state index in [9.17, 15) is 43.2 Å². The van der Waals surface area contributed by atoms with Crippen LogP contribution in [-0.4, -0.2) is 122 Å². The van der Waals surface area contributed by atoms with Crippen molar-refractivity contribution in [2.75, 3.05) is 59.9 Å². The molecular formula is C27H43N5O9. The standard InChI is InChI=1S/C27H43N5O9/c1-6-19(34)12-31(15-25(39)28-4)14-21(36)8-9-23(37)22(10-18(3)33)24(38)11-30-27(41)17-32(13-20(35)7-2)16-26(40)29-5/h22H,6-17H2,1-5H3,(H,28,39)(H,29,40)(H,30,41). The number of Topliss-reactive ketones (excluding diaryl/α,β-unsaturated/α-hetero) is 6. The van der Waals surface area contributed by atoms with Crippen molar-refractivity contribution < 1.29 is 43.2 Å². The van der Waals surface area contributed by atoms with Crippen molar-refractivity contribution in [3.63, 3.8) is 0 Å². The summed E-state index contributed by atoms with van der Waals surface area (Å²) in [5.74, 6) is -5.40. The molecule has 1 atom stereocenters. The molecule has 0 bridgehead atoms. The van der Waals surface area contributed by atoms with Gasteiger partial charge >= 0.3 is 0 Å². The van der Waals surface area contributed by atoms with Crippen LogP contribution in [0, 0.1) is 5.92 Å². The van der Waals surface area contributed by atoms with E-state index in [-0.39, 0.29) is 82.4 Å². The Morgan fingerprint density at radius 1 is 0.585 bits per heavy atom. The molecule has 0 saturated heterocycles. The van der Waals surface area contributed by atoms with Gasteiger partial charge in [-0.1, -0.05) is 13.8 Å². The summed E-state index contributed by atoms with van der Waals surface area (Å²) >= 11 is 0. The number of hydrogen-bond acceptors (Lipinski definition) is 11. The zero-order valence-electron chi connectivity index (χ0n) is 24.6. The molecule has 14 heteroatoms. The van der Waals surface area contributed by atoms with E-state index >= 15 is 0 Å². The molecule has 0 aliphatic carbocycles. The van der Waals surface area contributed by atoms with Gasteiger partial charge in [0.05, 0.1) is 51.7 Å². The molecule has 41 heavy (non-hydrogen) atoms. The molecule has 0 aromatic heterocycles. The lowest BCUT2D eigenvalue weighted by Crippen LogP contribution is -2.46. The molecule has 0 radical (unpaired) electrons. The van der Waals surface area contributed by atoms with Gasteiger partial charge in [-0.15, -0.1) is 0 Å². The average molecular weight is 582 g/mol. The smallest absolute Gasteiger partial charge is 0.234 e. The molecule has 14 nitrogen and oxygen atoms in total. The third kappa shape index (κ3) is 16.9. The zero-order valence-corrected chi connectivity index (χ0v) is 24.6. The summed E-state index contributed by atoms with van der Waals surface area (Å²) in [6.45, 7) is 2.71. The van der Waals surface area contributed by atoms with Crippen LogP contribution in [0.3, 0.4) is 0 Å². The Bertz CT molecular complexity index is 890. The highest BCUT2D eigenvalue weighted by atomic mass is 16.2. The van der Waals surface area contributed by atoms with E-state index in [1.807, 2.05) is 0 Å². The van der Waals surface area contributed by atoms with E-state index in [0.29, 0.717) is 0 Å². The van der Waals surface area contributed by atoms with Gasteiger partial charge in [-0.3, -0.25) is 53.0 Å². The van der Waals surface area contributed by atoms with Gasteiger partial charge in [0.25, 0.3) is 0 Å². The number of ketones is 6. The summed E-state index contributed by atoms with van der Waals surface area (Å²) in [5.41, 5.74) is 0. The molecule has 0 aliphatic heterocycles. The van der Waals surface area contributed by atoms with Gasteiger partial charge in [-0.2, -0.15) is 0 Å². The normalized spacial score (nSPS) is 11.5. The molecule has 230 valence electrons. The lowest BCUT2D eigenvalue weighted by Gasteiger charge is -2.20. The van der Waals surface area contributed by atoms with Crippen molar-refractivity contribution in [2.24, 2.45) is 5.92 Å². The van der Waals surface area contributed by atoms with E-state index < -0.39 is 53.8 Å². The number of likely N-dealkylation sites (N-methyl/N-ethyl adjacent to an activating group) is 2. The molecule has 3 N–H and O–H groups in total. The lowest BCUT2D eigenvalue weighted by atomic mass is 9.90. The third-order valence-electron chi connectivity index (χ3n) is 6.03. The summed E-state index contributed by atoms with van der Waals surface area (Å²) < 4.78 is 0. The predicted molar refractivity (Wildman–Crippen MR) is 148 cm³/mol. The molecule has 3 amide bonds. The van der Waals surface area contributed by atoms with Gasteiger partial charge in [-0.05, 0) is 6.92 Å². The van der Waals surface area contributed by atoms with Crippen molar-refractivity contribution in [2.45, 2.75) is 52.9 Å². The first-order valence-electron chi connectivity index (χ1n) is 13.5. The third-order valence-corrected chi connectivity index (χ3v) is 6.03. The summed E-state index contributed by atoms with van der Waals surface area (Å²) in [6, 6.07) is 0. The quantitative estimate of drug-likeness (QED) is 0.116. The Kier molecular flexibility index (Phi) is 18.5. The van der Waals surface area contributed by atoms with Crippen LogP contribution in [0.2, 0.25) is 0 Å². The fourth-order valence-electron chi connectivity index (χ4n) is 3.65. The van der Waals surface area contributed by atoms with Crippen LogP contribution in [-0.2, 0) is 43.2 Å². The maximum absolute atomic E-state index is 12.8. The Morgan fingerprint density at radius 2 is 1.02 bits per heavy atom. The minimum absolute atomic E-state index is 0.109. The van der Waals surface area contributed by atoms with Crippen LogP contribution in [0.1, 0.15) is 52.9 Å². The van der Waals surface area contributed by atoms with Crippen molar-refractivity contribution in [1.82, 2.24) is 25.8 Å². The van der Waals surface area contributed by atoms with Gasteiger partial charge in [-0.25, -0.2) is 0 Å². The monoisotopic (exact) mass is 581 g/mol. The molecule has 0 heterocycles. The molecule has 0 aromatic carbocycles. The van der Waals surface area contributed by atoms with E-state index in [0.717, 1.165) is 0 Å².